The van der Waals surface area contributed by atoms with Gasteiger partial charge in [0.2, 0.25) is 0 Å². The Labute approximate surface area is 108 Å². The Morgan fingerprint density at radius 3 is 2.83 bits per heavy atom. The van der Waals surface area contributed by atoms with Gasteiger partial charge in [-0.3, -0.25) is 0 Å². The summed E-state index contributed by atoms with van der Waals surface area (Å²) >= 11 is 1.64. The van der Waals surface area contributed by atoms with Crippen LogP contribution in [0.1, 0.15) is 11.5 Å². The van der Waals surface area contributed by atoms with Crippen LogP contribution in [0.2, 0.25) is 0 Å². The standard InChI is InChI=1S/C13H11N3OS/c1-9-16-11-12(17-9)14-8-15-13(11)18-7-10-5-3-2-4-6-10/h2-6,8H,7H2,1H3. The number of aryl methyl sites for hydroxylation is 1. The molecular weight excluding hydrogens is 246 g/mol. The normalized spacial score (nSPS) is 10.9. The van der Waals surface area contributed by atoms with Crippen LogP contribution in [0.15, 0.2) is 46.1 Å². The molecule has 5 heteroatoms. The maximum atomic E-state index is 5.39. The number of hydrogen-bond acceptors (Lipinski definition) is 5. The first-order valence-electron chi connectivity index (χ1n) is 5.58. The van der Waals surface area contributed by atoms with E-state index in [1.165, 1.54) is 11.9 Å². The summed E-state index contributed by atoms with van der Waals surface area (Å²) in [4.78, 5) is 12.6. The van der Waals surface area contributed by atoms with Gasteiger partial charge in [-0.2, -0.15) is 4.98 Å². The van der Waals surface area contributed by atoms with Crippen LogP contribution in [0.4, 0.5) is 0 Å². The average molecular weight is 257 g/mol. The highest BCUT2D eigenvalue weighted by Gasteiger charge is 2.10. The van der Waals surface area contributed by atoms with Gasteiger partial charge in [0.25, 0.3) is 5.71 Å². The van der Waals surface area contributed by atoms with Crippen LogP contribution in [0.25, 0.3) is 11.2 Å². The first-order valence-corrected chi connectivity index (χ1v) is 6.56. The molecule has 0 atom stereocenters. The van der Waals surface area contributed by atoms with Crippen LogP contribution in [0, 0.1) is 6.92 Å². The van der Waals surface area contributed by atoms with E-state index in [4.69, 9.17) is 4.42 Å². The average Bonchev–Trinajstić information content (AvgIpc) is 2.78. The molecule has 0 amide bonds. The van der Waals surface area contributed by atoms with Gasteiger partial charge in [0.1, 0.15) is 11.4 Å². The molecule has 3 rings (SSSR count). The fourth-order valence-electron chi connectivity index (χ4n) is 1.67. The fourth-order valence-corrected chi connectivity index (χ4v) is 2.56. The van der Waals surface area contributed by atoms with Crippen molar-refractivity contribution in [1.29, 1.82) is 0 Å². The van der Waals surface area contributed by atoms with Crippen molar-refractivity contribution in [1.82, 2.24) is 15.0 Å². The van der Waals surface area contributed by atoms with Crippen LogP contribution in [0.3, 0.4) is 0 Å². The van der Waals surface area contributed by atoms with Crippen LogP contribution >= 0.6 is 11.8 Å². The van der Waals surface area contributed by atoms with Crippen molar-refractivity contribution >= 4 is 23.0 Å². The van der Waals surface area contributed by atoms with Crippen LogP contribution < -0.4 is 0 Å². The highest BCUT2D eigenvalue weighted by Crippen LogP contribution is 2.26. The maximum Gasteiger partial charge on any atom is 0.251 e. The Hall–Kier alpha value is -1.88. The Kier molecular flexibility index (Phi) is 2.98. The Morgan fingerprint density at radius 2 is 2.00 bits per heavy atom. The second-order valence-electron chi connectivity index (χ2n) is 3.84. The lowest BCUT2D eigenvalue weighted by Crippen LogP contribution is -1.86. The second-order valence-corrected chi connectivity index (χ2v) is 4.80. The van der Waals surface area contributed by atoms with Gasteiger partial charge >= 0.3 is 0 Å². The van der Waals surface area contributed by atoms with Gasteiger partial charge in [-0.25, -0.2) is 9.97 Å². The highest BCUT2D eigenvalue weighted by atomic mass is 32.2. The summed E-state index contributed by atoms with van der Waals surface area (Å²) in [6.45, 7) is 1.81. The number of rotatable bonds is 3. The van der Waals surface area contributed by atoms with E-state index in [0.29, 0.717) is 11.6 Å². The third-order valence-corrected chi connectivity index (χ3v) is 3.54. The van der Waals surface area contributed by atoms with E-state index in [1.54, 1.807) is 11.8 Å². The molecule has 2 heterocycles. The number of hydrogen-bond donors (Lipinski definition) is 0. The quantitative estimate of drug-likeness (QED) is 0.532. The van der Waals surface area contributed by atoms with E-state index in [9.17, 15) is 0 Å². The van der Waals surface area contributed by atoms with Crippen molar-refractivity contribution in [2.75, 3.05) is 0 Å². The number of benzene rings is 1. The van der Waals surface area contributed by atoms with Gasteiger partial charge < -0.3 is 4.42 Å². The molecule has 0 aliphatic carbocycles. The summed E-state index contributed by atoms with van der Waals surface area (Å²) < 4.78 is 5.39. The minimum absolute atomic E-state index is 0.554. The summed E-state index contributed by atoms with van der Waals surface area (Å²) in [7, 11) is 0. The van der Waals surface area contributed by atoms with Crippen molar-refractivity contribution < 1.29 is 4.42 Å². The molecule has 3 aromatic rings. The topological polar surface area (TPSA) is 51.8 Å². The van der Waals surface area contributed by atoms with Crippen LogP contribution in [-0.2, 0) is 5.75 Å². The molecule has 0 unspecified atom stereocenters. The molecular formula is C13H11N3OS. The van der Waals surface area contributed by atoms with Crippen molar-refractivity contribution in [3.8, 4) is 0 Å². The minimum Gasteiger partial charge on any atom is -0.422 e. The molecule has 0 fully saturated rings. The van der Waals surface area contributed by atoms with Gasteiger partial charge in [-0.1, -0.05) is 42.1 Å². The van der Waals surface area contributed by atoms with Gasteiger partial charge in [0.05, 0.1) is 0 Å². The van der Waals surface area contributed by atoms with E-state index in [-0.39, 0.29) is 0 Å². The van der Waals surface area contributed by atoms with E-state index in [2.05, 4.69) is 27.1 Å². The number of aromatic nitrogens is 3. The fraction of sp³-hybridized carbons (Fsp3) is 0.154. The number of oxazole rings is 1. The minimum atomic E-state index is 0.554. The van der Waals surface area contributed by atoms with E-state index in [0.717, 1.165) is 16.3 Å². The first kappa shape index (κ1) is 11.2. The van der Waals surface area contributed by atoms with Gasteiger partial charge in [0.15, 0.2) is 11.4 Å². The Bertz CT molecular complexity index is 666. The maximum absolute atomic E-state index is 5.39. The predicted octanol–water partition coefficient (Wildman–Crippen LogP) is 3.22. The van der Waals surface area contributed by atoms with Crippen molar-refractivity contribution in [3.63, 3.8) is 0 Å². The third kappa shape index (κ3) is 2.22. The summed E-state index contributed by atoms with van der Waals surface area (Å²) in [5.74, 6) is 1.48. The second kappa shape index (κ2) is 4.78. The number of thioether (sulfide) groups is 1. The molecule has 0 aliphatic rings. The SMILES string of the molecule is Cc1nc2c(SCc3ccccc3)ncnc2o1. The molecule has 0 saturated heterocycles. The first-order chi connectivity index (χ1) is 8.83. The summed E-state index contributed by atoms with van der Waals surface area (Å²) in [6, 6.07) is 10.3. The summed E-state index contributed by atoms with van der Waals surface area (Å²) in [5, 5.41) is 0.862. The largest absolute Gasteiger partial charge is 0.422 e. The van der Waals surface area contributed by atoms with E-state index in [1.807, 2.05) is 25.1 Å². The molecule has 0 radical (unpaired) electrons. The zero-order valence-corrected chi connectivity index (χ0v) is 10.6. The number of nitrogens with zero attached hydrogens (tertiary/aromatic N) is 3. The molecule has 0 bridgehead atoms. The lowest BCUT2D eigenvalue weighted by molar-refractivity contribution is 0.550. The molecule has 18 heavy (non-hydrogen) atoms. The molecule has 4 nitrogen and oxygen atoms in total. The molecule has 0 spiro atoms. The smallest absolute Gasteiger partial charge is 0.251 e. The van der Waals surface area contributed by atoms with Crippen molar-refractivity contribution in [2.45, 2.75) is 17.7 Å². The Balaban J connectivity index is 1.86. The van der Waals surface area contributed by atoms with Crippen molar-refractivity contribution in [2.24, 2.45) is 0 Å². The predicted molar refractivity (Wildman–Crippen MR) is 70.3 cm³/mol. The molecule has 0 N–H and O–H groups in total. The summed E-state index contributed by atoms with van der Waals surface area (Å²) in [6.07, 6.45) is 1.51. The highest BCUT2D eigenvalue weighted by molar-refractivity contribution is 7.98. The third-order valence-electron chi connectivity index (χ3n) is 2.49. The lowest BCUT2D eigenvalue weighted by Gasteiger charge is -2.00. The van der Waals surface area contributed by atoms with Gasteiger partial charge in [-0.15, -0.1) is 0 Å². The van der Waals surface area contributed by atoms with Crippen LogP contribution in [-0.4, -0.2) is 15.0 Å². The van der Waals surface area contributed by atoms with E-state index >= 15 is 0 Å². The molecule has 1 aromatic carbocycles. The summed E-state index contributed by atoms with van der Waals surface area (Å²) in [5.41, 5.74) is 2.56. The van der Waals surface area contributed by atoms with E-state index < -0.39 is 0 Å². The monoisotopic (exact) mass is 257 g/mol. The van der Waals surface area contributed by atoms with Gasteiger partial charge in [0, 0.05) is 12.7 Å². The Morgan fingerprint density at radius 1 is 1.17 bits per heavy atom. The van der Waals surface area contributed by atoms with Crippen LogP contribution in [0.5, 0.6) is 0 Å². The molecule has 0 saturated carbocycles. The molecule has 0 aliphatic heterocycles. The van der Waals surface area contributed by atoms with Gasteiger partial charge in [-0.05, 0) is 5.56 Å². The lowest BCUT2D eigenvalue weighted by atomic mass is 10.2. The number of fused-ring (bicyclic) bond motifs is 1. The zero-order chi connectivity index (χ0) is 12.4. The van der Waals surface area contributed by atoms with Crippen molar-refractivity contribution in [3.05, 3.63) is 48.1 Å². The zero-order valence-electron chi connectivity index (χ0n) is 9.83. The molecule has 2 aromatic heterocycles. The molecule has 90 valence electrons.